The highest BCUT2D eigenvalue weighted by Crippen LogP contribution is 2.37. The molecule has 0 spiro atoms. The smallest absolute Gasteiger partial charge is 0.311 e. The van der Waals surface area contributed by atoms with Gasteiger partial charge in [-0.05, 0) is 43.9 Å². The molecule has 2 aliphatic heterocycles. The molecule has 3 rings (SSSR count). The molecule has 2 nitrogen and oxygen atoms in total. The summed E-state index contributed by atoms with van der Waals surface area (Å²) in [6.07, 6.45) is -1.69. The first-order valence-corrected chi connectivity index (χ1v) is 7.01. The molecule has 2 saturated heterocycles. The van der Waals surface area contributed by atoms with E-state index in [9.17, 15) is 22.4 Å². The lowest BCUT2D eigenvalue weighted by molar-refractivity contribution is -0.138. The molecule has 2 bridgehead atoms. The minimum absolute atomic E-state index is 0.195. The quantitative estimate of drug-likeness (QED) is 0.668. The van der Waals surface area contributed by atoms with Crippen LogP contribution in [-0.4, -0.2) is 17.9 Å². The number of nitrogens with one attached hydrogen (secondary N) is 1. The third-order valence-electron chi connectivity index (χ3n) is 4.40. The molecule has 1 aromatic carbocycles. The maximum atomic E-state index is 13.3. The molecule has 2 atom stereocenters. The molecule has 21 heavy (non-hydrogen) atoms. The van der Waals surface area contributed by atoms with Crippen LogP contribution in [0.5, 0.6) is 0 Å². The molecule has 0 saturated carbocycles. The Hall–Kier alpha value is -1.43. The van der Waals surface area contributed by atoms with Gasteiger partial charge in [0.15, 0.2) is 5.78 Å². The Kier molecular flexibility index (Phi) is 3.51. The Morgan fingerprint density at radius 1 is 1.14 bits per heavy atom. The number of carbonyl (C=O) groups excluding carboxylic acids is 1. The van der Waals surface area contributed by atoms with E-state index in [-0.39, 0.29) is 12.1 Å². The first-order chi connectivity index (χ1) is 9.84. The lowest BCUT2D eigenvalue weighted by atomic mass is 9.84. The van der Waals surface area contributed by atoms with Crippen LogP contribution in [0.1, 0.15) is 41.6 Å². The van der Waals surface area contributed by atoms with Crippen LogP contribution in [0.3, 0.4) is 0 Å². The van der Waals surface area contributed by atoms with Crippen molar-refractivity contribution in [2.45, 2.75) is 43.9 Å². The minimum atomic E-state index is -4.65. The molecule has 2 fully saturated rings. The monoisotopic (exact) mass is 301 g/mol. The SMILES string of the molecule is O=C(c1cc(F)ccc1C(F)(F)F)C1CC2CCC(C1)N2. The highest BCUT2D eigenvalue weighted by atomic mass is 19.4. The van der Waals surface area contributed by atoms with E-state index >= 15 is 0 Å². The molecule has 0 aromatic heterocycles. The average molecular weight is 301 g/mol. The Bertz CT molecular complexity index is 557. The predicted octanol–water partition coefficient (Wildman–Crippen LogP) is 3.56. The third kappa shape index (κ3) is 2.81. The second-order valence-corrected chi connectivity index (χ2v) is 5.86. The summed E-state index contributed by atoms with van der Waals surface area (Å²) < 4.78 is 52.3. The van der Waals surface area contributed by atoms with Gasteiger partial charge in [-0.1, -0.05) is 0 Å². The number of carbonyl (C=O) groups is 1. The van der Waals surface area contributed by atoms with Gasteiger partial charge in [-0.3, -0.25) is 4.79 Å². The largest absolute Gasteiger partial charge is 0.417 e. The van der Waals surface area contributed by atoms with Gasteiger partial charge in [-0.2, -0.15) is 13.2 Å². The molecule has 1 N–H and O–H groups in total. The van der Waals surface area contributed by atoms with Crippen molar-refractivity contribution in [3.8, 4) is 0 Å². The van der Waals surface area contributed by atoms with Gasteiger partial charge in [0.25, 0.3) is 0 Å². The summed E-state index contributed by atoms with van der Waals surface area (Å²) in [5.41, 5.74) is -1.58. The summed E-state index contributed by atoms with van der Waals surface area (Å²) in [4.78, 5) is 12.4. The fraction of sp³-hybridized carbons (Fsp3) is 0.533. The Balaban J connectivity index is 1.92. The summed E-state index contributed by atoms with van der Waals surface area (Å²) in [5.74, 6) is -1.85. The summed E-state index contributed by atoms with van der Waals surface area (Å²) in [6, 6.07) is 2.50. The first kappa shape index (κ1) is 14.5. The number of ketones is 1. The van der Waals surface area contributed by atoms with Gasteiger partial charge in [-0.25, -0.2) is 4.39 Å². The van der Waals surface area contributed by atoms with E-state index in [1.165, 1.54) is 0 Å². The van der Waals surface area contributed by atoms with E-state index < -0.39 is 34.8 Å². The predicted molar refractivity (Wildman–Crippen MR) is 68.4 cm³/mol. The van der Waals surface area contributed by atoms with Crippen molar-refractivity contribution in [3.63, 3.8) is 0 Å². The summed E-state index contributed by atoms with van der Waals surface area (Å²) in [6.45, 7) is 0. The van der Waals surface area contributed by atoms with Crippen molar-refractivity contribution < 1.29 is 22.4 Å². The van der Waals surface area contributed by atoms with Gasteiger partial charge in [0.05, 0.1) is 5.56 Å². The minimum Gasteiger partial charge on any atom is -0.311 e. The normalized spacial score (nSPS) is 28.7. The van der Waals surface area contributed by atoms with Crippen LogP contribution in [0.4, 0.5) is 17.6 Å². The molecule has 1 aromatic rings. The standard InChI is InChI=1S/C15H15F4NO/c16-9-1-4-13(15(17,18)19)12(7-9)14(21)8-5-10-2-3-11(6-8)20-10/h1,4,7-8,10-11,20H,2-3,5-6H2. The van der Waals surface area contributed by atoms with Crippen LogP contribution in [0.25, 0.3) is 0 Å². The second-order valence-electron chi connectivity index (χ2n) is 5.86. The molecular formula is C15H15F4NO. The van der Waals surface area contributed by atoms with E-state index in [4.69, 9.17) is 0 Å². The topological polar surface area (TPSA) is 29.1 Å². The lowest BCUT2D eigenvalue weighted by Gasteiger charge is -2.28. The molecule has 6 heteroatoms. The number of piperidine rings is 1. The van der Waals surface area contributed by atoms with Gasteiger partial charge < -0.3 is 5.32 Å². The van der Waals surface area contributed by atoms with E-state index in [2.05, 4.69) is 5.32 Å². The molecular weight excluding hydrogens is 286 g/mol. The molecule has 114 valence electrons. The zero-order chi connectivity index (χ0) is 15.2. The van der Waals surface area contributed by atoms with Crippen LogP contribution in [0.2, 0.25) is 0 Å². The Labute approximate surface area is 119 Å². The van der Waals surface area contributed by atoms with Gasteiger partial charge in [0.1, 0.15) is 5.82 Å². The van der Waals surface area contributed by atoms with Crippen molar-refractivity contribution in [3.05, 3.63) is 35.1 Å². The van der Waals surface area contributed by atoms with Crippen LogP contribution >= 0.6 is 0 Å². The Morgan fingerprint density at radius 2 is 1.76 bits per heavy atom. The number of rotatable bonds is 2. The highest BCUT2D eigenvalue weighted by Gasteiger charge is 2.40. The Morgan fingerprint density at radius 3 is 2.33 bits per heavy atom. The van der Waals surface area contributed by atoms with Gasteiger partial charge in [0.2, 0.25) is 0 Å². The first-order valence-electron chi connectivity index (χ1n) is 7.01. The molecule has 2 heterocycles. The third-order valence-corrected chi connectivity index (χ3v) is 4.40. The number of hydrogen-bond donors (Lipinski definition) is 1. The zero-order valence-corrected chi connectivity index (χ0v) is 11.2. The number of Topliss-reactive ketones (excluding diaryl/α,β-unsaturated/α-hetero) is 1. The number of hydrogen-bond acceptors (Lipinski definition) is 2. The summed E-state index contributed by atoms with van der Waals surface area (Å²) in [5, 5.41) is 3.33. The number of alkyl halides is 3. The van der Waals surface area contributed by atoms with Crippen LogP contribution in [-0.2, 0) is 6.18 Å². The van der Waals surface area contributed by atoms with Crippen molar-refractivity contribution in [2.24, 2.45) is 5.92 Å². The maximum absolute atomic E-state index is 13.3. The summed E-state index contributed by atoms with van der Waals surface area (Å²) in [7, 11) is 0. The van der Waals surface area contributed by atoms with E-state index in [0.29, 0.717) is 18.9 Å². The van der Waals surface area contributed by atoms with Crippen LogP contribution < -0.4 is 5.32 Å². The molecule has 2 aliphatic rings. The van der Waals surface area contributed by atoms with Crippen molar-refractivity contribution >= 4 is 5.78 Å². The van der Waals surface area contributed by atoms with Crippen LogP contribution in [0.15, 0.2) is 18.2 Å². The zero-order valence-electron chi connectivity index (χ0n) is 11.2. The van der Waals surface area contributed by atoms with E-state index in [1.54, 1.807) is 0 Å². The number of halogens is 4. The summed E-state index contributed by atoms with van der Waals surface area (Å²) >= 11 is 0. The van der Waals surface area contributed by atoms with Crippen LogP contribution in [0, 0.1) is 11.7 Å². The second kappa shape index (κ2) is 5.09. The van der Waals surface area contributed by atoms with Crippen molar-refractivity contribution in [1.29, 1.82) is 0 Å². The van der Waals surface area contributed by atoms with E-state index in [1.807, 2.05) is 0 Å². The maximum Gasteiger partial charge on any atom is 0.417 e. The van der Waals surface area contributed by atoms with Gasteiger partial charge in [0, 0.05) is 23.6 Å². The average Bonchev–Trinajstić information content (AvgIpc) is 2.75. The highest BCUT2D eigenvalue weighted by molar-refractivity contribution is 5.99. The lowest BCUT2D eigenvalue weighted by Crippen LogP contribution is -2.40. The number of benzene rings is 1. The number of fused-ring (bicyclic) bond motifs is 2. The van der Waals surface area contributed by atoms with Crippen molar-refractivity contribution in [1.82, 2.24) is 5.32 Å². The molecule has 0 radical (unpaired) electrons. The van der Waals surface area contributed by atoms with Gasteiger partial charge in [-0.15, -0.1) is 0 Å². The fourth-order valence-corrected chi connectivity index (χ4v) is 3.46. The van der Waals surface area contributed by atoms with Crippen molar-refractivity contribution in [2.75, 3.05) is 0 Å². The fourth-order valence-electron chi connectivity index (χ4n) is 3.46. The molecule has 0 aliphatic carbocycles. The van der Waals surface area contributed by atoms with E-state index in [0.717, 1.165) is 25.0 Å². The van der Waals surface area contributed by atoms with Gasteiger partial charge >= 0.3 is 6.18 Å². The molecule has 2 unspecified atom stereocenters. The molecule has 0 amide bonds.